The Balaban J connectivity index is 0.976. The normalized spacial score (nSPS) is 43.7. The average Bonchev–Trinajstić information content (AvgIpc) is 3.44. The molecule has 5 saturated carbocycles. The highest BCUT2D eigenvalue weighted by molar-refractivity contribution is 6.30. The van der Waals surface area contributed by atoms with Crippen LogP contribution in [0.5, 0.6) is 0 Å². The first-order valence-corrected chi connectivity index (χ1v) is 20.8. The van der Waals surface area contributed by atoms with Gasteiger partial charge in [-0.1, -0.05) is 70.5 Å². The van der Waals surface area contributed by atoms with Crippen LogP contribution in [0, 0.1) is 56.7 Å². The zero-order valence-electron chi connectivity index (χ0n) is 32.1. The van der Waals surface area contributed by atoms with Gasteiger partial charge in [0.2, 0.25) is 0 Å². The van der Waals surface area contributed by atoms with Crippen LogP contribution in [0.1, 0.15) is 118 Å². The number of fused-ring (bicyclic) bond motifs is 7. The number of rotatable bonds is 9. The molecule has 1 aliphatic heterocycles. The number of piperazine rings is 1. The van der Waals surface area contributed by atoms with Crippen LogP contribution < -0.4 is 5.32 Å². The van der Waals surface area contributed by atoms with Crippen LogP contribution in [0.15, 0.2) is 36.4 Å². The third-order valence-corrected chi connectivity index (χ3v) is 17.6. The first kappa shape index (κ1) is 36.4. The van der Waals surface area contributed by atoms with Crippen molar-refractivity contribution in [2.45, 2.75) is 125 Å². The van der Waals surface area contributed by atoms with Gasteiger partial charge in [-0.15, -0.1) is 0 Å². The molecule has 0 amide bonds. The van der Waals surface area contributed by atoms with Crippen LogP contribution in [0.3, 0.4) is 0 Å². The number of allylic oxidation sites excluding steroid dienone is 1. The zero-order chi connectivity index (χ0) is 34.8. The van der Waals surface area contributed by atoms with E-state index in [9.17, 15) is 5.11 Å². The molecule has 6 fully saturated rings. The van der Waals surface area contributed by atoms with Crippen molar-refractivity contribution < 1.29 is 5.11 Å². The molecule has 4 nitrogen and oxygen atoms in total. The van der Waals surface area contributed by atoms with Crippen molar-refractivity contribution in [1.29, 1.82) is 0 Å². The molecule has 1 heterocycles. The summed E-state index contributed by atoms with van der Waals surface area (Å²) in [5.74, 6) is 3.74. The minimum Gasteiger partial charge on any atom is -0.393 e. The molecule has 7 rings (SSSR count). The predicted octanol–water partition coefficient (Wildman–Crippen LogP) is 9.46. The molecular weight excluding hydrogens is 622 g/mol. The van der Waals surface area contributed by atoms with Gasteiger partial charge in [0, 0.05) is 50.8 Å². The fraction of sp³-hybridized carbons (Fsp3) is 0.818. The molecule has 0 bridgehead atoms. The number of benzene rings is 1. The van der Waals surface area contributed by atoms with Gasteiger partial charge in [-0.25, -0.2) is 0 Å². The second-order valence-electron chi connectivity index (χ2n) is 19.7. The van der Waals surface area contributed by atoms with Gasteiger partial charge >= 0.3 is 0 Å². The van der Waals surface area contributed by atoms with Gasteiger partial charge in [-0.3, -0.25) is 9.80 Å². The van der Waals surface area contributed by atoms with Crippen LogP contribution in [-0.2, 0) is 6.54 Å². The molecular formula is C44H70ClN3O. The third-order valence-electron chi connectivity index (χ3n) is 17.4. The van der Waals surface area contributed by atoms with Crippen LogP contribution in [0.25, 0.3) is 0 Å². The lowest BCUT2D eigenvalue weighted by Gasteiger charge is -2.73. The Hall–Kier alpha value is -0.910. The molecule has 1 aromatic carbocycles. The largest absolute Gasteiger partial charge is 0.393 e. The van der Waals surface area contributed by atoms with Crippen molar-refractivity contribution in [2.24, 2.45) is 56.7 Å². The van der Waals surface area contributed by atoms with Crippen LogP contribution in [0.4, 0.5) is 0 Å². The Morgan fingerprint density at radius 3 is 2.35 bits per heavy atom. The van der Waals surface area contributed by atoms with Gasteiger partial charge in [0.05, 0.1) is 6.10 Å². The Morgan fingerprint density at radius 1 is 0.857 bits per heavy atom. The summed E-state index contributed by atoms with van der Waals surface area (Å²) >= 11 is 6.23. The molecule has 0 spiro atoms. The number of hydrogen-bond acceptors (Lipinski definition) is 4. The van der Waals surface area contributed by atoms with E-state index in [-0.39, 0.29) is 11.5 Å². The highest BCUT2D eigenvalue weighted by atomic mass is 35.5. The molecule has 5 aliphatic carbocycles. The second kappa shape index (κ2) is 13.5. The number of hydrogen-bond donors (Lipinski definition) is 2. The van der Waals surface area contributed by atoms with E-state index in [1.54, 1.807) is 0 Å². The Bertz CT molecular complexity index is 1360. The fourth-order valence-corrected chi connectivity index (χ4v) is 14.7. The van der Waals surface area contributed by atoms with E-state index in [0.717, 1.165) is 81.6 Å². The molecule has 10 atom stereocenters. The predicted molar refractivity (Wildman–Crippen MR) is 206 cm³/mol. The van der Waals surface area contributed by atoms with E-state index in [0.29, 0.717) is 33.5 Å². The lowest BCUT2D eigenvalue weighted by molar-refractivity contribution is -0.247. The number of halogens is 1. The van der Waals surface area contributed by atoms with Crippen molar-refractivity contribution in [3.63, 3.8) is 0 Å². The summed E-state index contributed by atoms with van der Waals surface area (Å²) in [6.45, 7) is 29.0. The Morgan fingerprint density at radius 2 is 1.61 bits per heavy atom. The highest BCUT2D eigenvalue weighted by Crippen LogP contribution is 2.77. The second-order valence-corrected chi connectivity index (χ2v) is 20.1. The maximum Gasteiger partial charge on any atom is 0.0594 e. The number of aliphatic hydroxyl groups is 1. The van der Waals surface area contributed by atoms with Gasteiger partial charge in [0.1, 0.15) is 0 Å². The summed E-state index contributed by atoms with van der Waals surface area (Å²) in [6, 6.07) is 8.34. The monoisotopic (exact) mass is 692 g/mol. The van der Waals surface area contributed by atoms with Crippen molar-refractivity contribution in [3.05, 3.63) is 47.0 Å². The van der Waals surface area contributed by atoms with Crippen molar-refractivity contribution in [3.8, 4) is 0 Å². The lowest BCUT2D eigenvalue weighted by atomic mass is 9.32. The lowest BCUT2D eigenvalue weighted by Crippen LogP contribution is -2.66. The van der Waals surface area contributed by atoms with Gasteiger partial charge in [0.15, 0.2) is 0 Å². The topological polar surface area (TPSA) is 38.7 Å². The highest BCUT2D eigenvalue weighted by Gasteiger charge is 2.70. The van der Waals surface area contributed by atoms with E-state index in [2.05, 4.69) is 81.4 Å². The minimum atomic E-state index is -0.142. The molecule has 1 aromatic rings. The molecule has 0 unspecified atom stereocenters. The molecule has 274 valence electrons. The van der Waals surface area contributed by atoms with Crippen LogP contribution in [-0.4, -0.2) is 66.8 Å². The summed E-state index contributed by atoms with van der Waals surface area (Å²) < 4.78 is 0. The first-order chi connectivity index (χ1) is 23.2. The quantitative estimate of drug-likeness (QED) is 0.200. The third kappa shape index (κ3) is 6.12. The fourth-order valence-electron chi connectivity index (χ4n) is 14.5. The van der Waals surface area contributed by atoms with Gasteiger partial charge < -0.3 is 10.4 Å². The van der Waals surface area contributed by atoms with Crippen molar-refractivity contribution >= 4 is 11.6 Å². The van der Waals surface area contributed by atoms with Crippen molar-refractivity contribution in [1.82, 2.24) is 15.1 Å². The summed E-state index contributed by atoms with van der Waals surface area (Å²) in [5, 5.41) is 15.9. The maximum absolute atomic E-state index is 11.1. The Labute approximate surface area is 305 Å². The SMILES string of the molecule is C=C(C)[C@@H]1CC[C@]2(CCNCCN3CCN(Cc4cccc(Cl)c4)CC3)CC[C@]3(C)[C@H](CC[C@@H]4[C@@]5(C)CC[C@H](O)C(C)(C)[C@@H]5CC[C@]43C)[C@@H]12. The molecule has 1 saturated heterocycles. The van der Waals surface area contributed by atoms with Crippen molar-refractivity contribution in [2.75, 3.05) is 45.8 Å². The molecule has 6 aliphatic rings. The van der Waals surface area contributed by atoms with Gasteiger partial charge in [0.25, 0.3) is 0 Å². The summed E-state index contributed by atoms with van der Waals surface area (Å²) in [4.78, 5) is 5.23. The molecule has 5 heteroatoms. The van der Waals surface area contributed by atoms with E-state index >= 15 is 0 Å². The molecule has 2 N–H and O–H groups in total. The number of aliphatic hydroxyl groups excluding tert-OH is 1. The minimum absolute atomic E-state index is 0.0310. The number of nitrogens with zero attached hydrogens (tertiary/aromatic N) is 2. The van der Waals surface area contributed by atoms with E-state index < -0.39 is 0 Å². The molecule has 49 heavy (non-hydrogen) atoms. The first-order valence-electron chi connectivity index (χ1n) is 20.5. The van der Waals surface area contributed by atoms with E-state index in [4.69, 9.17) is 11.6 Å². The molecule has 0 aromatic heterocycles. The van der Waals surface area contributed by atoms with E-state index in [1.165, 1.54) is 75.3 Å². The summed E-state index contributed by atoms with van der Waals surface area (Å²) in [5.41, 5.74) is 4.45. The zero-order valence-corrected chi connectivity index (χ0v) is 32.9. The summed E-state index contributed by atoms with van der Waals surface area (Å²) in [7, 11) is 0. The van der Waals surface area contributed by atoms with Gasteiger partial charge in [-0.2, -0.15) is 0 Å². The number of nitrogens with one attached hydrogen (secondary N) is 1. The standard InChI is InChI=1S/C44H70ClN3O/c1-31(2)34-13-18-44(21-22-46-23-24-47-25-27-48(28-26-47)30-32-9-8-10-33(45)29-32)20-19-42(6)35(39(34)44)11-12-37-41(5)16-15-38(49)40(3,4)36(41)14-17-43(37,42)7/h8-10,29,34-39,46,49H,1,11-28,30H2,2-7H3/t34-,35+,36-,37+,38-,39+,41-,42+,43+,44+/m0/s1. The van der Waals surface area contributed by atoms with E-state index in [1.807, 2.05) is 6.07 Å². The van der Waals surface area contributed by atoms with Gasteiger partial charge in [-0.05, 0) is 158 Å². The molecule has 0 radical (unpaired) electrons. The average molecular weight is 693 g/mol. The maximum atomic E-state index is 11.1. The Kier molecular flexibility index (Phi) is 10.0. The van der Waals surface area contributed by atoms with Crippen LogP contribution >= 0.6 is 11.6 Å². The summed E-state index contributed by atoms with van der Waals surface area (Å²) in [6.07, 6.45) is 14.5. The van der Waals surface area contributed by atoms with Crippen LogP contribution in [0.2, 0.25) is 5.02 Å². The smallest absolute Gasteiger partial charge is 0.0594 e.